The van der Waals surface area contributed by atoms with Gasteiger partial charge in [0.15, 0.2) is 11.5 Å². The van der Waals surface area contributed by atoms with Crippen molar-refractivity contribution in [3.63, 3.8) is 0 Å². The van der Waals surface area contributed by atoms with Crippen LogP contribution in [0.3, 0.4) is 0 Å². The average molecular weight is 406 g/mol. The minimum Gasteiger partial charge on any atom is -0.467 e. The van der Waals surface area contributed by atoms with Crippen molar-refractivity contribution in [1.29, 1.82) is 0 Å². The summed E-state index contributed by atoms with van der Waals surface area (Å²) in [5, 5.41) is 1.09. The van der Waals surface area contributed by atoms with Gasteiger partial charge < -0.3 is 24.1 Å². The number of nitrogens with zero attached hydrogens (tertiary/aromatic N) is 1. The van der Waals surface area contributed by atoms with E-state index >= 15 is 0 Å². The van der Waals surface area contributed by atoms with Gasteiger partial charge in [0.25, 0.3) is 0 Å². The molecule has 1 N–H and O–H groups in total. The number of aromatic amines is 1. The molecule has 3 aromatic rings. The van der Waals surface area contributed by atoms with Crippen LogP contribution in [0.4, 0.5) is 0 Å². The molecule has 0 bridgehead atoms. The molecule has 0 spiro atoms. The predicted molar refractivity (Wildman–Crippen MR) is 111 cm³/mol. The molecule has 0 fully saturated rings. The predicted octanol–water partition coefficient (Wildman–Crippen LogP) is 3.20. The summed E-state index contributed by atoms with van der Waals surface area (Å²) in [7, 11) is 1.34. The van der Waals surface area contributed by atoms with E-state index in [1.807, 2.05) is 48.5 Å². The number of amides is 1. The van der Waals surface area contributed by atoms with E-state index in [1.54, 1.807) is 0 Å². The molecule has 0 saturated carbocycles. The zero-order valence-electron chi connectivity index (χ0n) is 16.6. The number of fused-ring (bicyclic) bond motifs is 4. The lowest BCUT2D eigenvalue weighted by Gasteiger charge is -2.33. The molecule has 3 heterocycles. The summed E-state index contributed by atoms with van der Waals surface area (Å²) in [5.74, 6) is 1.02. The first-order valence-electron chi connectivity index (χ1n) is 9.56. The van der Waals surface area contributed by atoms with Gasteiger partial charge in [-0.3, -0.25) is 4.79 Å². The van der Waals surface area contributed by atoms with Gasteiger partial charge in [0.05, 0.1) is 13.7 Å². The Kier molecular flexibility index (Phi) is 5.43. The van der Waals surface area contributed by atoms with E-state index in [4.69, 9.17) is 14.2 Å². The molecule has 2 aromatic carbocycles. The highest BCUT2D eigenvalue weighted by Crippen LogP contribution is 2.31. The molecule has 0 unspecified atom stereocenters. The SMILES string of the molecule is C=CC(=O)N1Cc2[nH]c3ccccc3c2C[C@H]1C(=O)OC.c1ccc2c(c1)OCO2. The van der Waals surface area contributed by atoms with Crippen LogP contribution in [0, 0.1) is 0 Å². The van der Waals surface area contributed by atoms with Crippen LogP contribution in [0.15, 0.2) is 61.2 Å². The minimum absolute atomic E-state index is 0.269. The lowest BCUT2D eigenvalue weighted by atomic mass is 9.96. The molecular formula is C23H22N2O5. The molecule has 154 valence electrons. The number of aromatic nitrogens is 1. The Labute approximate surface area is 173 Å². The quantitative estimate of drug-likeness (QED) is 0.522. The number of carbonyl (C=O) groups excluding carboxylic acids is 2. The summed E-state index contributed by atoms with van der Waals surface area (Å²) in [6.45, 7) is 4.22. The molecule has 0 saturated heterocycles. The van der Waals surface area contributed by atoms with Crippen molar-refractivity contribution in [3.05, 3.63) is 72.4 Å². The number of hydrogen-bond acceptors (Lipinski definition) is 5. The number of ether oxygens (including phenoxy) is 3. The van der Waals surface area contributed by atoms with E-state index in [-0.39, 0.29) is 5.91 Å². The Morgan fingerprint density at radius 3 is 2.47 bits per heavy atom. The normalized spacial score (nSPS) is 16.3. The van der Waals surface area contributed by atoms with Gasteiger partial charge in [0.1, 0.15) is 6.04 Å². The van der Waals surface area contributed by atoms with Crippen LogP contribution in [-0.4, -0.2) is 41.7 Å². The van der Waals surface area contributed by atoms with E-state index in [1.165, 1.54) is 18.1 Å². The summed E-state index contributed by atoms with van der Waals surface area (Å²) >= 11 is 0. The third-order valence-corrected chi connectivity index (χ3v) is 5.21. The molecular weight excluding hydrogens is 384 g/mol. The molecule has 5 rings (SSSR count). The van der Waals surface area contributed by atoms with Crippen LogP contribution in [0.2, 0.25) is 0 Å². The number of H-pyrrole nitrogens is 1. The maximum absolute atomic E-state index is 12.0. The number of para-hydroxylation sites is 3. The van der Waals surface area contributed by atoms with Crippen molar-refractivity contribution in [3.8, 4) is 11.5 Å². The van der Waals surface area contributed by atoms with Crippen molar-refractivity contribution in [2.75, 3.05) is 13.9 Å². The highest BCUT2D eigenvalue weighted by Gasteiger charge is 2.36. The Morgan fingerprint density at radius 1 is 1.13 bits per heavy atom. The first-order valence-corrected chi connectivity index (χ1v) is 9.56. The fourth-order valence-corrected chi connectivity index (χ4v) is 3.75. The molecule has 2 aliphatic heterocycles. The second-order valence-corrected chi connectivity index (χ2v) is 6.89. The Hall–Kier alpha value is -3.74. The molecule has 7 heteroatoms. The van der Waals surface area contributed by atoms with Gasteiger partial charge in [-0.2, -0.15) is 0 Å². The summed E-state index contributed by atoms with van der Waals surface area (Å²) in [4.78, 5) is 28.8. The minimum atomic E-state index is -0.604. The van der Waals surface area contributed by atoms with Crippen LogP contribution in [0.25, 0.3) is 10.9 Å². The number of nitrogens with one attached hydrogen (secondary N) is 1. The molecule has 1 atom stereocenters. The molecule has 0 aliphatic carbocycles. The Balaban J connectivity index is 0.000000200. The third kappa shape index (κ3) is 3.61. The van der Waals surface area contributed by atoms with Gasteiger partial charge in [0.2, 0.25) is 12.7 Å². The maximum Gasteiger partial charge on any atom is 0.328 e. The fraction of sp³-hybridized carbons (Fsp3) is 0.217. The van der Waals surface area contributed by atoms with Crippen molar-refractivity contribution >= 4 is 22.8 Å². The van der Waals surface area contributed by atoms with Gasteiger partial charge in [-0.05, 0) is 29.8 Å². The van der Waals surface area contributed by atoms with E-state index in [2.05, 4.69) is 11.6 Å². The smallest absolute Gasteiger partial charge is 0.328 e. The number of carbonyl (C=O) groups is 2. The number of esters is 1. The fourth-order valence-electron chi connectivity index (χ4n) is 3.75. The van der Waals surface area contributed by atoms with E-state index < -0.39 is 12.0 Å². The van der Waals surface area contributed by atoms with Gasteiger partial charge >= 0.3 is 5.97 Å². The topological polar surface area (TPSA) is 80.9 Å². The van der Waals surface area contributed by atoms with E-state index in [0.717, 1.165) is 33.7 Å². The number of benzene rings is 2. The second kappa shape index (κ2) is 8.32. The van der Waals surface area contributed by atoms with Gasteiger partial charge in [-0.15, -0.1) is 0 Å². The largest absolute Gasteiger partial charge is 0.467 e. The summed E-state index contributed by atoms with van der Waals surface area (Å²) in [6, 6.07) is 14.9. The van der Waals surface area contributed by atoms with Crippen molar-refractivity contribution < 1.29 is 23.8 Å². The standard InChI is InChI=1S/C16H16N2O3.C7H6O2/c1-3-15(19)18-9-13-11(8-14(18)16(20)21-2)10-6-4-5-7-12(10)17-13;1-2-4-7-6(3-1)8-5-9-7/h3-7,14,17H,1,8-9H2,2H3;1-4H,5H2/t14-;/m0./s1. The van der Waals surface area contributed by atoms with Crippen LogP contribution >= 0.6 is 0 Å². The van der Waals surface area contributed by atoms with Gasteiger partial charge in [-0.25, -0.2) is 4.79 Å². The van der Waals surface area contributed by atoms with Crippen LogP contribution in [-0.2, 0) is 27.3 Å². The molecule has 0 radical (unpaired) electrons. The molecule has 1 amide bonds. The molecule has 7 nitrogen and oxygen atoms in total. The monoisotopic (exact) mass is 406 g/mol. The number of methoxy groups -OCH3 is 1. The first-order chi connectivity index (χ1) is 14.6. The lowest BCUT2D eigenvalue weighted by molar-refractivity contribution is -0.152. The van der Waals surface area contributed by atoms with Crippen LogP contribution in [0.5, 0.6) is 11.5 Å². The van der Waals surface area contributed by atoms with Crippen molar-refractivity contribution in [1.82, 2.24) is 9.88 Å². The molecule has 30 heavy (non-hydrogen) atoms. The summed E-state index contributed by atoms with van der Waals surface area (Å²) in [6.07, 6.45) is 1.68. The zero-order valence-corrected chi connectivity index (χ0v) is 16.6. The zero-order chi connectivity index (χ0) is 21.1. The number of rotatable bonds is 2. The Bertz CT molecular complexity index is 1080. The maximum atomic E-state index is 12.0. The molecule has 1 aromatic heterocycles. The lowest BCUT2D eigenvalue weighted by Crippen LogP contribution is -2.48. The van der Waals surface area contributed by atoms with Crippen molar-refractivity contribution in [2.24, 2.45) is 0 Å². The van der Waals surface area contributed by atoms with Gasteiger partial charge in [0, 0.05) is 23.0 Å². The summed E-state index contributed by atoms with van der Waals surface area (Å²) < 4.78 is 15.0. The van der Waals surface area contributed by atoms with Gasteiger partial charge in [-0.1, -0.05) is 36.9 Å². The van der Waals surface area contributed by atoms with Crippen molar-refractivity contribution in [2.45, 2.75) is 19.0 Å². The number of hydrogen-bond donors (Lipinski definition) is 1. The summed E-state index contributed by atoms with van der Waals surface area (Å²) in [5.41, 5.74) is 3.06. The van der Waals surface area contributed by atoms with E-state index in [9.17, 15) is 9.59 Å². The average Bonchev–Trinajstić information content (AvgIpc) is 3.41. The Morgan fingerprint density at radius 2 is 1.80 bits per heavy atom. The highest BCUT2D eigenvalue weighted by molar-refractivity contribution is 5.93. The van der Waals surface area contributed by atoms with Crippen LogP contribution < -0.4 is 9.47 Å². The highest BCUT2D eigenvalue weighted by atomic mass is 16.7. The molecule has 2 aliphatic rings. The van der Waals surface area contributed by atoms with Crippen LogP contribution in [0.1, 0.15) is 11.3 Å². The van der Waals surface area contributed by atoms with E-state index in [0.29, 0.717) is 19.8 Å². The third-order valence-electron chi connectivity index (χ3n) is 5.21. The second-order valence-electron chi connectivity index (χ2n) is 6.89. The first kappa shape index (κ1) is 19.6.